The summed E-state index contributed by atoms with van der Waals surface area (Å²) < 4.78 is 0. The predicted octanol–water partition coefficient (Wildman–Crippen LogP) is 3.86. The van der Waals surface area contributed by atoms with Crippen molar-refractivity contribution < 1.29 is 0 Å². The Morgan fingerprint density at radius 2 is 0.848 bits per heavy atom. The van der Waals surface area contributed by atoms with Gasteiger partial charge in [0.25, 0.3) is 0 Å². The molecule has 3 heterocycles. The third-order valence-corrected chi connectivity index (χ3v) is 6.92. The second-order valence-electron chi connectivity index (χ2n) is 9.38. The van der Waals surface area contributed by atoms with Gasteiger partial charge in [-0.05, 0) is 76.8 Å². The van der Waals surface area contributed by atoms with E-state index in [0.29, 0.717) is 18.1 Å². The van der Waals surface area contributed by atoms with Gasteiger partial charge in [-0.2, -0.15) is 0 Å². The quantitative estimate of drug-likeness (QED) is 0.500. The number of aromatic nitrogens is 3. The average molecular weight is 445 g/mol. The molecule has 3 aromatic heterocycles. The van der Waals surface area contributed by atoms with Gasteiger partial charge in [0.1, 0.15) is 0 Å². The number of nitrogens with zero attached hydrogens (tertiary/aromatic N) is 6. The van der Waals surface area contributed by atoms with E-state index in [1.54, 1.807) is 0 Å². The van der Waals surface area contributed by atoms with Crippen LogP contribution in [0.25, 0.3) is 0 Å². The summed E-state index contributed by atoms with van der Waals surface area (Å²) in [5.41, 5.74) is 3.38. The van der Waals surface area contributed by atoms with Gasteiger partial charge in [-0.15, -0.1) is 0 Å². The fourth-order valence-electron chi connectivity index (χ4n) is 4.94. The van der Waals surface area contributed by atoms with Crippen LogP contribution in [-0.2, 0) is 19.6 Å². The molecule has 0 amide bonds. The summed E-state index contributed by atoms with van der Waals surface area (Å²) in [7, 11) is 6.74. The summed E-state index contributed by atoms with van der Waals surface area (Å²) in [6.45, 7) is 2.62. The molecule has 6 nitrogen and oxygen atoms in total. The van der Waals surface area contributed by atoms with Crippen LogP contribution in [0.5, 0.6) is 0 Å². The lowest BCUT2D eigenvalue weighted by Crippen LogP contribution is -2.51. The molecule has 174 valence electrons. The van der Waals surface area contributed by atoms with Gasteiger partial charge in [-0.3, -0.25) is 29.7 Å². The SMILES string of the molecule is CN(Cc1ccccn1)C1CC(N(C)Cc2ccccn2)CC(N(C)Cc2ccccn2)C1. The van der Waals surface area contributed by atoms with E-state index < -0.39 is 0 Å². The van der Waals surface area contributed by atoms with E-state index in [1.165, 1.54) is 0 Å². The van der Waals surface area contributed by atoms with Crippen molar-refractivity contribution in [3.63, 3.8) is 0 Å². The van der Waals surface area contributed by atoms with E-state index >= 15 is 0 Å². The minimum Gasteiger partial charge on any atom is -0.297 e. The molecule has 0 saturated heterocycles. The second kappa shape index (κ2) is 11.5. The van der Waals surface area contributed by atoms with Gasteiger partial charge < -0.3 is 0 Å². The highest BCUT2D eigenvalue weighted by Crippen LogP contribution is 2.30. The molecular formula is C27H36N6. The maximum absolute atomic E-state index is 4.55. The summed E-state index contributed by atoms with van der Waals surface area (Å²) >= 11 is 0. The number of hydrogen-bond acceptors (Lipinski definition) is 6. The highest BCUT2D eigenvalue weighted by molar-refractivity contribution is 5.07. The molecule has 1 aliphatic rings. The first kappa shape index (κ1) is 23.5. The van der Waals surface area contributed by atoms with E-state index in [9.17, 15) is 0 Å². The first-order chi connectivity index (χ1) is 16.1. The largest absolute Gasteiger partial charge is 0.297 e. The lowest BCUT2D eigenvalue weighted by molar-refractivity contribution is 0.0476. The maximum Gasteiger partial charge on any atom is 0.0543 e. The molecule has 0 aromatic carbocycles. The molecule has 1 aliphatic carbocycles. The Kier molecular flexibility index (Phi) is 8.15. The van der Waals surface area contributed by atoms with Crippen LogP contribution in [0.4, 0.5) is 0 Å². The second-order valence-corrected chi connectivity index (χ2v) is 9.38. The van der Waals surface area contributed by atoms with Crippen LogP contribution in [0.2, 0.25) is 0 Å². The van der Waals surface area contributed by atoms with Crippen LogP contribution in [0.1, 0.15) is 36.3 Å². The molecule has 4 rings (SSSR count). The summed E-state index contributed by atoms with van der Waals surface area (Å²) in [6, 6.07) is 20.0. The van der Waals surface area contributed by atoms with Crippen molar-refractivity contribution in [1.29, 1.82) is 0 Å². The normalized spacial score (nSPS) is 21.1. The van der Waals surface area contributed by atoms with E-state index in [4.69, 9.17) is 0 Å². The van der Waals surface area contributed by atoms with E-state index in [-0.39, 0.29) is 0 Å². The predicted molar refractivity (Wildman–Crippen MR) is 132 cm³/mol. The maximum atomic E-state index is 4.55. The fourth-order valence-corrected chi connectivity index (χ4v) is 4.94. The van der Waals surface area contributed by atoms with Gasteiger partial charge in [0, 0.05) is 56.4 Å². The summed E-state index contributed by atoms with van der Waals surface area (Å²) in [6.07, 6.45) is 9.12. The fraction of sp³-hybridized carbons (Fsp3) is 0.444. The molecule has 6 heteroatoms. The summed E-state index contributed by atoms with van der Waals surface area (Å²) in [4.78, 5) is 21.1. The third-order valence-electron chi connectivity index (χ3n) is 6.92. The molecular weight excluding hydrogens is 408 g/mol. The van der Waals surface area contributed by atoms with E-state index in [2.05, 4.69) is 87.2 Å². The zero-order valence-corrected chi connectivity index (χ0v) is 20.1. The molecule has 33 heavy (non-hydrogen) atoms. The minimum absolute atomic E-state index is 0.494. The van der Waals surface area contributed by atoms with Crippen molar-refractivity contribution in [2.45, 2.75) is 57.0 Å². The van der Waals surface area contributed by atoms with Gasteiger partial charge in [0.15, 0.2) is 0 Å². The molecule has 0 atom stereocenters. The highest BCUT2D eigenvalue weighted by atomic mass is 15.2. The first-order valence-electron chi connectivity index (χ1n) is 11.9. The zero-order valence-electron chi connectivity index (χ0n) is 20.1. The highest BCUT2D eigenvalue weighted by Gasteiger charge is 2.35. The van der Waals surface area contributed by atoms with Crippen LogP contribution in [-0.4, -0.2) is 68.9 Å². The molecule has 0 bridgehead atoms. The Morgan fingerprint density at radius 3 is 1.09 bits per heavy atom. The Balaban J connectivity index is 1.48. The van der Waals surface area contributed by atoms with Gasteiger partial charge in [-0.25, -0.2) is 0 Å². The van der Waals surface area contributed by atoms with Crippen molar-refractivity contribution >= 4 is 0 Å². The number of hydrogen-bond donors (Lipinski definition) is 0. The zero-order chi connectivity index (χ0) is 23.0. The molecule has 1 saturated carbocycles. The molecule has 0 N–H and O–H groups in total. The molecule has 1 fully saturated rings. The van der Waals surface area contributed by atoms with Crippen molar-refractivity contribution in [2.75, 3.05) is 21.1 Å². The first-order valence-corrected chi connectivity index (χ1v) is 11.9. The lowest BCUT2D eigenvalue weighted by Gasteiger charge is -2.45. The summed E-state index contributed by atoms with van der Waals surface area (Å²) in [5, 5.41) is 0. The Labute approximate surface area is 198 Å². The topological polar surface area (TPSA) is 48.4 Å². The number of pyridine rings is 3. The monoisotopic (exact) mass is 444 g/mol. The standard InChI is InChI=1S/C27H36N6/c1-31(19-22-10-4-7-13-28-22)25-16-26(32(2)20-23-11-5-8-14-29-23)18-27(17-25)33(3)21-24-12-6-9-15-30-24/h4-15,25-27H,16-21H2,1-3H3. The van der Waals surface area contributed by atoms with Crippen LogP contribution < -0.4 is 0 Å². The van der Waals surface area contributed by atoms with E-state index in [0.717, 1.165) is 56.0 Å². The smallest absolute Gasteiger partial charge is 0.0543 e. The van der Waals surface area contributed by atoms with E-state index in [1.807, 2.05) is 36.8 Å². The molecule has 0 unspecified atom stereocenters. The Hall–Kier alpha value is -2.67. The van der Waals surface area contributed by atoms with Crippen LogP contribution in [0.3, 0.4) is 0 Å². The minimum atomic E-state index is 0.494. The summed E-state index contributed by atoms with van der Waals surface area (Å²) in [5.74, 6) is 0. The van der Waals surface area contributed by atoms with Gasteiger partial charge in [-0.1, -0.05) is 18.2 Å². The van der Waals surface area contributed by atoms with Crippen molar-refractivity contribution in [3.8, 4) is 0 Å². The van der Waals surface area contributed by atoms with Gasteiger partial charge >= 0.3 is 0 Å². The van der Waals surface area contributed by atoms with Crippen LogP contribution in [0, 0.1) is 0 Å². The van der Waals surface area contributed by atoms with Gasteiger partial charge in [0.05, 0.1) is 17.1 Å². The number of rotatable bonds is 9. The third kappa shape index (κ3) is 6.67. The van der Waals surface area contributed by atoms with Gasteiger partial charge in [0.2, 0.25) is 0 Å². The van der Waals surface area contributed by atoms with Crippen LogP contribution >= 0.6 is 0 Å². The Morgan fingerprint density at radius 1 is 0.545 bits per heavy atom. The van der Waals surface area contributed by atoms with Crippen molar-refractivity contribution in [3.05, 3.63) is 90.3 Å². The molecule has 0 spiro atoms. The van der Waals surface area contributed by atoms with Crippen molar-refractivity contribution in [2.24, 2.45) is 0 Å². The molecule has 3 aromatic rings. The molecule has 0 aliphatic heterocycles. The van der Waals surface area contributed by atoms with Crippen molar-refractivity contribution in [1.82, 2.24) is 29.7 Å². The lowest BCUT2D eigenvalue weighted by atomic mass is 9.84. The Bertz CT molecular complexity index is 819. The molecule has 0 radical (unpaired) electrons. The van der Waals surface area contributed by atoms with Crippen LogP contribution in [0.15, 0.2) is 73.2 Å². The average Bonchev–Trinajstić information content (AvgIpc) is 2.85.